The molecule has 0 saturated carbocycles. The van der Waals surface area contributed by atoms with Crippen LogP contribution >= 0.6 is 23.4 Å². The van der Waals surface area contributed by atoms with Crippen LogP contribution in [-0.2, 0) is 10.0 Å². The number of hydrogen-bond donors (Lipinski definition) is 1. The lowest BCUT2D eigenvalue weighted by molar-refractivity contribution is 0.581. The number of halogens is 1. The number of nitrogens with zero attached hydrogens (tertiary/aromatic N) is 4. The Balaban J connectivity index is 1.58. The number of sulfonamides is 1. The fraction of sp³-hybridized carbons (Fsp3) is 0.136. The topological polar surface area (TPSA) is 89.8 Å². The molecule has 0 spiro atoms. The van der Waals surface area contributed by atoms with E-state index in [1.165, 1.54) is 11.8 Å². The summed E-state index contributed by atoms with van der Waals surface area (Å²) in [6, 6.07) is 23.6. The van der Waals surface area contributed by atoms with Gasteiger partial charge in [0.2, 0.25) is 15.2 Å². The minimum absolute atomic E-state index is 0.165. The number of thioether (sulfide) groups is 1. The highest BCUT2D eigenvalue weighted by atomic mass is 35.5. The third-order valence-corrected chi connectivity index (χ3v) is 7.60. The maximum Gasteiger partial charge on any atom is 0.240 e. The molecular weight excluding hydrogens is 466 g/mol. The number of tetrazole rings is 1. The molecule has 1 atom stereocenters. The minimum Gasteiger partial charge on any atom is -0.210 e. The largest absolute Gasteiger partial charge is 0.240 e. The molecule has 0 aliphatic rings. The summed E-state index contributed by atoms with van der Waals surface area (Å²) in [7, 11) is -3.66. The van der Waals surface area contributed by atoms with Crippen molar-refractivity contribution in [2.75, 3.05) is 6.54 Å². The van der Waals surface area contributed by atoms with Gasteiger partial charge in [0.05, 0.1) is 15.8 Å². The molecule has 1 aromatic heterocycles. The van der Waals surface area contributed by atoms with Crippen LogP contribution in [0.15, 0.2) is 88.9 Å². The quantitative estimate of drug-likeness (QED) is 0.371. The van der Waals surface area contributed by atoms with Crippen LogP contribution in [0.25, 0.3) is 5.69 Å². The number of benzene rings is 3. The zero-order chi connectivity index (χ0) is 22.6. The first-order valence-corrected chi connectivity index (χ1v) is 12.5. The Hall–Kier alpha value is -2.72. The molecule has 164 valence electrons. The maximum absolute atomic E-state index is 12.8. The van der Waals surface area contributed by atoms with Crippen LogP contribution < -0.4 is 4.72 Å². The van der Waals surface area contributed by atoms with Crippen molar-refractivity contribution in [1.29, 1.82) is 0 Å². The average molecular weight is 486 g/mol. The van der Waals surface area contributed by atoms with Gasteiger partial charge in [-0.1, -0.05) is 71.4 Å². The fourth-order valence-corrected chi connectivity index (χ4v) is 5.32. The molecule has 4 aromatic rings. The second-order valence-corrected chi connectivity index (χ2v) is 10.4. The van der Waals surface area contributed by atoms with Gasteiger partial charge < -0.3 is 0 Å². The van der Waals surface area contributed by atoms with Gasteiger partial charge in [0.25, 0.3) is 0 Å². The fourth-order valence-electron chi connectivity index (χ4n) is 3.01. The lowest BCUT2D eigenvalue weighted by atomic mass is 10.1. The molecule has 0 aliphatic carbocycles. The monoisotopic (exact) mass is 485 g/mol. The van der Waals surface area contributed by atoms with Crippen molar-refractivity contribution in [3.63, 3.8) is 0 Å². The molecular formula is C22H20ClN5O2S2. The van der Waals surface area contributed by atoms with E-state index in [0.717, 1.165) is 16.8 Å². The molecule has 0 bridgehead atoms. The zero-order valence-electron chi connectivity index (χ0n) is 17.1. The standard InChI is InChI=1S/C22H20ClN5O2S2/c1-16-7-13-20(14-8-16)32(29,30)24-15-21(17-5-3-2-4-6-17)31-22-25-26-27-28(22)19-11-9-18(23)10-12-19/h2-14,21,24H,15H2,1H3. The summed E-state index contributed by atoms with van der Waals surface area (Å²) < 4.78 is 30.0. The summed E-state index contributed by atoms with van der Waals surface area (Å²) in [5.41, 5.74) is 2.71. The van der Waals surface area contributed by atoms with Gasteiger partial charge in [-0.3, -0.25) is 0 Å². The Bertz CT molecular complexity index is 1280. The first-order chi connectivity index (χ1) is 15.4. The van der Waals surface area contributed by atoms with Gasteiger partial charge in [-0.25, -0.2) is 13.1 Å². The summed E-state index contributed by atoms with van der Waals surface area (Å²) in [4.78, 5) is 0.228. The van der Waals surface area contributed by atoms with Crippen LogP contribution in [0.5, 0.6) is 0 Å². The van der Waals surface area contributed by atoms with Crippen LogP contribution in [0.4, 0.5) is 0 Å². The SMILES string of the molecule is Cc1ccc(S(=O)(=O)NCC(Sc2nnnn2-c2ccc(Cl)cc2)c2ccccc2)cc1. The molecule has 0 saturated heterocycles. The first kappa shape index (κ1) is 22.5. The summed E-state index contributed by atoms with van der Waals surface area (Å²) >= 11 is 7.37. The highest BCUT2D eigenvalue weighted by Crippen LogP contribution is 2.34. The van der Waals surface area contributed by atoms with Crippen molar-refractivity contribution < 1.29 is 8.42 Å². The normalized spacial score (nSPS) is 12.6. The number of hydrogen-bond acceptors (Lipinski definition) is 6. The Morgan fingerprint density at radius 1 is 1.00 bits per heavy atom. The van der Waals surface area contributed by atoms with E-state index in [-0.39, 0.29) is 16.7 Å². The Morgan fingerprint density at radius 3 is 2.38 bits per heavy atom. The summed E-state index contributed by atoms with van der Waals surface area (Å²) in [5, 5.41) is 12.9. The highest BCUT2D eigenvalue weighted by Gasteiger charge is 2.22. The van der Waals surface area contributed by atoms with Crippen molar-refractivity contribution in [1.82, 2.24) is 24.9 Å². The molecule has 0 aliphatic heterocycles. The molecule has 1 unspecified atom stereocenters. The molecule has 32 heavy (non-hydrogen) atoms. The Kier molecular flexibility index (Phi) is 6.90. The third kappa shape index (κ3) is 5.36. The number of aromatic nitrogens is 4. The van der Waals surface area contributed by atoms with E-state index in [1.807, 2.05) is 49.4 Å². The van der Waals surface area contributed by atoms with E-state index < -0.39 is 10.0 Å². The third-order valence-electron chi connectivity index (χ3n) is 4.72. The molecule has 0 radical (unpaired) electrons. The van der Waals surface area contributed by atoms with Gasteiger partial charge in [0.15, 0.2) is 0 Å². The van der Waals surface area contributed by atoms with Crippen molar-refractivity contribution in [2.45, 2.75) is 22.2 Å². The predicted octanol–water partition coefficient (Wildman–Crippen LogP) is 4.44. The maximum atomic E-state index is 12.8. The molecule has 3 aromatic carbocycles. The molecule has 7 nitrogen and oxygen atoms in total. The van der Waals surface area contributed by atoms with Crippen molar-refractivity contribution in [3.05, 3.63) is 95.0 Å². The predicted molar refractivity (Wildman–Crippen MR) is 126 cm³/mol. The zero-order valence-corrected chi connectivity index (χ0v) is 19.5. The molecule has 0 amide bonds. The van der Waals surface area contributed by atoms with Crippen LogP contribution in [0.3, 0.4) is 0 Å². The molecule has 4 rings (SSSR count). The highest BCUT2D eigenvalue weighted by molar-refractivity contribution is 7.99. The summed E-state index contributed by atoms with van der Waals surface area (Å²) in [6.45, 7) is 2.08. The van der Waals surface area contributed by atoms with Crippen LogP contribution in [0.1, 0.15) is 16.4 Å². The molecule has 10 heteroatoms. The van der Waals surface area contributed by atoms with E-state index in [9.17, 15) is 8.42 Å². The van der Waals surface area contributed by atoms with Crippen molar-refractivity contribution in [3.8, 4) is 5.69 Å². The van der Waals surface area contributed by atoms with Gasteiger partial charge in [-0.05, 0) is 59.3 Å². The van der Waals surface area contributed by atoms with E-state index in [4.69, 9.17) is 11.6 Å². The molecule has 1 N–H and O–H groups in total. The smallest absolute Gasteiger partial charge is 0.210 e. The van der Waals surface area contributed by atoms with E-state index >= 15 is 0 Å². The molecule has 1 heterocycles. The number of aryl methyl sites for hydroxylation is 1. The Morgan fingerprint density at radius 2 is 1.69 bits per heavy atom. The van der Waals surface area contributed by atoms with E-state index in [1.54, 1.807) is 41.1 Å². The van der Waals surface area contributed by atoms with E-state index in [0.29, 0.717) is 10.2 Å². The first-order valence-electron chi connectivity index (χ1n) is 9.75. The van der Waals surface area contributed by atoms with Crippen LogP contribution in [0, 0.1) is 6.92 Å². The van der Waals surface area contributed by atoms with Crippen LogP contribution in [-0.4, -0.2) is 35.2 Å². The minimum atomic E-state index is -3.66. The van der Waals surface area contributed by atoms with Gasteiger partial charge in [0.1, 0.15) is 0 Å². The van der Waals surface area contributed by atoms with Crippen LogP contribution in [0.2, 0.25) is 5.02 Å². The second-order valence-electron chi connectivity index (χ2n) is 7.03. The van der Waals surface area contributed by atoms with Gasteiger partial charge in [-0.15, -0.1) is 5.10 Å². The number of rotatable bonds is 8. The van der Waals surface area contributed by atoms with Gasteiger partial charge in [0, 0.05) is 11.6 Å². The van der Waals surface area contributed by atoms with Crippen molar-refractivity contribution >= 4 is 33.4 Å². The lowest BCUT2D eigenvalue weighted by Gasteiger charge is -2.17. The summed E-state index contributed by atoms with van der Waals surface area (Å²) in [6.07, 6.45) is 0. The van der Waals surface area contributed by atoms with Crippen molar-refractivity contribution in [2.24, 2.45) is 0 Å². The van der Waals surface area contributed by atoms with E-state index in [2.05, 4.69) is 20.2 Å². The Labute approximate surface area is 195 Å². The average Bonchev–Trinajstić information content (AvgIpc) is 3.26. The lowest BCUT2D eigenvalue weighted by Crippen LogP contribution is -2.28. The summed E-state index contributed by atoms with van der Waals surface area (Å²) in [5.74, 6) is 0. The number of nitrogens with one attached hydrogen (secondary N) is 1. The van der Waals surface area contributed by atoms with Gasteiger partial charge >= 0.3 is 0 Å². The molecule has 0 fully saturated rings. The second kappa shape index (κ2) is 9.83. The van der Waals surface area contributed by atoms with Gasteiger partial charge in [-0.2, -0.15) is 4.68 Å².